The van der Waals surface area contributed by atoms with Gasteiger partial charge in [-0.15, -0.1) is 0 Å². The maximum atomic E-state index is 12.6. The third-order valence-electron chi connectivity index (χ3n) is 4.18. The zero-order valence-corrected chi connectivity index (χ0v) is 15.4. The van der Waals surface area contributed by atoms with E-state index in [4.69, 9.17) is 0 Å². The van der Waals surface area contributed by atoms with Crippen molar-refractivity contribution >= 4 is 42.6 Å². The summed E-state index contributed by atoms with van der Waals surface area (Å²) in [5, 5.41) is 3.32. The lowest BCUT2D eigenvalue weighted by atomic mass is 10.2. The van der Waals surface area contributed by atoms with Crippen molar-refractivity contribution in [2.45, 2.75) is 39.2 Å². The maximum Gasteiger partial charge on any atom is 0.244 e. The second-order valence-electron chi connectivity index (χ2n) is 6.01. The molecule has 1 aromatic heterocycles. The van der Waals surface area contributed by atoms with E-state index in [0.29, 0.717) is 30.9 Å². The molecule has 1 aliphatic rings. The van der Waals surface area contributed by atoms with Crippen LogP contribution in [0.15, 0.2) is 18.2 Å². The Morgan fingerprint density at radius 1 is 1.46 bits per heavy atom. The summed E-state index contributed by atoms with van der Waals surface area (Å²) >= 11 is 1.41. The smallest absolute Gasteiger partial charge is 0.244 e. The van der Waals surface area contributed by atoms with Gasteiger partial charge in [-0.25, -0.2) is 13.4 Å². The van der Waals surface area contributed by atoms with Gasteiger partial charge in [-0.2, -0.15) is 4.31 Å². The van der Waals surface area contributed by atoms with Crippen LogP contribution < -0.4 is 5.32 Å². The Labute approximate surface area is 145 Å². The number of hydrogen-bond donors (Lipinski definition) is 1. The molecule has 1 amide bonds. The fourth-order valence-electron chi connectivity index (χ4n) is 3.04. The Balaban J connectivity index is 1.79. The van der Waals surface area contributed by atoms with E-state index >= 15 is 0 Å². The highest BCUT2D eigenvalue weighted by Gasteiger charge is 2.38. The van der Waals surface area contributed by atoms with E-state index in [1.54, 1.807) is 0 Å². The highest BCUT2D eigenvalue weighted by Crippen LogP contribution is 2.29. The molecule has 1 saturated heterocycles. The Kier molecular flexibility index (Phi) is 4.89. The fraction of sp³-hybridized carbons (Fsp3) is 0.500. The van der Waals surface area contributed by atoms with E-state index < -0.39 is 16.1 Å². The fourth-order valence-corrected chi connectivity index (χ4v) is 5.73. The molecule has 1 N–H and O–H groups in total. The molecule has 24 heavy (non-hydrogen) atoms. The van der Waals surface area contributed by atoms with Crippen LogP contribution in [0.2, 0.25) is 0 Å². The predicted octanol–water partition coefficient (Wildman–Crippen LogP) is 2.75. The summed E-state index contributed by atoms with van der Waals surface area (Å²) in [6.07, 6.45) is 1.81. The number of benzene rings is 1. The van der Waals surface area contributed by atoms with Crippen molar-refractivity contribution in [3.63, 3.8) is 0 Å². The van der Waals surface area contributed by atoms with Crippen LogP contribution in [0.1, 0.15) is 31.7 Å². The molecule has 0 aliphatic carbocycles. The van der Waals surface area contributed by atoms with Crippen molar-refractivity contribution in [3.8, 4) is 0 Å². The molecule has 1 aliphatic heterocycles. The molecule has 0 spiro atoms. The molecule has 1 aromatic carbocycles. The third kappa shape index (κ3) is 3.31. The second-order valence-corrected chi connectivity index (χ2v) is 9.09. The Hall–Kier alpha value is -1.51. The van der Waals surface area contributed by atoms with Gasteiger partial charge < -0.3 is 5.32 Å². The maximum absolute atomic E-state index is 12.6. The minimum Gasteiger partial charge on any atom is -0.301 e. The summed E-state index contributed by atoms with van der Waals surface area (Å²) in [7, 11) is -3.37. The van der Waals surface area contributed by atoms with Gasteiger partial charge in [-0.3, -0.25) is 4.79 Å². The summed E-state index contributed by atoms with van der Waals surface area (Å²) in [5.41, 5.74) is 1.93. The summed E-state index contributed by atoms with van der Waals surface area (Å²) in [6, 6.07) is 5.26. The van der Waals surface area contributed by atoms with Crippen LogP contribution in [-0.2, 0) is 14.8 Å². The zero-order valence-electron chi connectivity index (χ0n) is 13.8. The van der Waals surface area contributed by atoms with Gasteiger partial charge in [0.1, 0.15) is 6.04 Å². The molecule has 130 valence electrons. The lowest BCUT2D eigenvalue weighted by Crippen LogP contribution is -2.44. The van der Waals surface area contributed by atoms with Crippen LogP contribution in [0.25, 0.3) is 10.2 Å². The Morgan fingerprint density at radius 2 is 2.25 bits per heavy atom. The Bertz CT molecular complexity index is 861. The van der Waals surface area contributed by atoms with Crippen LogP contribution in [0.5, 0.6) is 0 Å². The minimum absolute atomic E-state index is 0.0805. The Morgan fingerprint density at radius 3 is 2.96 bits per heavy atom. The van der Waals surface area contributed by atoms with Gasteiger partial charge in [0.25, 0.3) is 0 Å². The summed E-state index contributed by atoms with van der Waals surface area (Å²) in [4.78, 5) is 17.1. The number of thiazole rings is 1. The van der Waals surface area contributed by atoms with E-state index in [-0.39, 0.29) is 11.7 Å². The van der Waals surface area contributed by atoms with Gasteiger partial charge in [0, 0.05) is 6.54 Å². The number of hydrogen-bond acceptors (Lipinski definition) is 5. The van der Waals surface area contributed by atoms with Crippen LogP contribution in [-0.4, -0.2) is 42.0 Å². The first kappa shape index (κ1) is 17.3. The molecule has 0 bridgehead atoms. The first-order valence-corrected chi connectivity index (χ1v) is 10.5. The number of amides is 1. The molecule has 8 heteroatoms. The number of para-hydroxylation sites is 1. The van der Waals surface area contributed by atoms with E-state index in [0.717, 1.165) is 15.8 Å². The van der Waals surface area contributed by atoms with E-state index in [2.05, 4.69) is 10.3 Å². The summed E-state index contributed by atoms with van der Waals surface area (Å²) in [5.74, 6) is -0.208. The van der Waals surface area contributed by atoms with Crippen molar-refractivity contribution in [1.29, 1.82) is 0 Å². The van der Waals surface area contributed by atoms with E-state index in [1.807, 2.05) is 32.0 Å². The number of aromatic nitrogens is 1. The van der Waals surface area contributed by atoms with Gasteiger partial charge >= 0.3 is 0 Å². The lowest BCUT2D eigenvalue weighted by molar-refractivity contribution is -0.119. The standard InChI is InChI=1S/C16H21N3O3S2/c1-3-10-24(21,22)19-9-5-7-12(19)15(20)18-16-17-14-11(2)6-4-8-13(14)23-16/h4,6,8,12H,3,5,7,9-10H2,1-2H3,(H,17,18,20). The van der Waals surface area contributed by atoms with Crippen molar-refractivity contribution in [2.24, 2.45) is 0 Å². The number of carbonyl (C=O) groups is 1. The number of carbonyl (C=O) groups excluding carboxylic acids is 1. The molecule has 0 saturated carbocycles. The van der Waals surface area contributed by atoms with Gasteiger partial charge in [-0.1, -0.05) is 30.4 Å². The second kappa shape index (κ2) is 6.78. The van der Waals surface area contributed by atoms with E-state index in [1.165, 1.54) is 15.6 Å². The van der Waals surface area contributed by atoms with Crippen LogP contribution in [0.4, 0.5) is 5.13 Å². The molecular formula is C16H21N3O3S2. The number of fused-ring (bicyclic) bond motifs is 1. The van der Waals surface area contributed by atoms with E-state index in [9.17, 15) is 13.2 Å². The lowest BCUT2D eigenvalue weighted by Gasteiger charge is -2.22. The largest absolute Gasteiger partial charge is 0.301 e. The van der Waals surface area contributed by atoms with Crippen molar-refractivity contribution in [3.05, 3.63) is 23.8 Å². The molecule has 3 rings (SSSR count). The first-order valence-electron chi connectivity index (χ1n) is 8.09. The number of anilines is 1. The molecule has 1 unspecified atom stereocenters. The third-order valence-corrected chi connectivity index (χ3v) is 7.19. The average Bonchev–Trinajstić information content (AvgIpc) is 3.14. The van der Waals surface area contributed by atoms with Crippen molar-refractivity contribution in [1.82, 2.24) is 9.29 Å². The average molecular weight is 367 g/mol. The molecular weight excluding hydrogens is 346 g/mol. The van der Waals surface area contributed by atoms with Gasteiger partial charge in [0.2, 0.25) is 15.9 Å². The molecule has 1 atom stereocenters. The first-order chi connectivity index (χ1) is 11.4. The predicted molar refractivity (Wildman–Crippen MR) is 96.8 cm³/mol. The van der Waals surface area contributed by atoms with Gasteiger partial charge in [0.15, 0.2) is 5.13 Å². The molecule has 1 fully saturated rings. The van der Waals surface area contributed by atoms with Gasteiger partial charge in [-0.05, 0) is 37.8 Å². The molecule has 0 radical (unpaired) electrons. The zero-order chi connectivity index (χ0) is 17.3. The minimum atomic E-state index is -3.37. The van der Waals surface area contributed by atoms with Crippen molar-refractivity contribution < 1.29 is 13.2 Å². The van der Waals surface area contributed by atoms with Crippen LogP contribution >= 0.6 is 11.3 Å². The quantitative estimate of drug-likeness (QED) is 0.881. The van der Waals surface area contributed by atoms with Crippen LogP contribution in [0, 0.1) is 6.92 Å². The molecule has 6 nitrogen and oxygen atoms in total. The highest BCUT2D eigenvalue weighted by molar-refractivity contribution is 7.89. The monoisotopic (exact) mass is 367 g/mol. The highest BCUT2D eigenvalue weighted by atomic mass is 32.2. The number of nitrogens with zero attached hydrogens (tertiary/aromatic N) is 2. The number of nitrogens with one attached hydrogen (secondary N) is 1. The van der Waals surface area contributed by atoms with Crippen LogP contribution in [0.3, 0.4) is 0 Å². The SMILES string of the molecule is CCCS(=O)(=O)N1CCCC1C(=O)Nc1nc2c(C)cccc2s1. The summed E-state index contributed by atoms with van der Waals surface area (Å²) < 4.78 is 27.0. The molecule has 2 heterocycles. The normalized spacial score (nSPS) is 19.0. The number of sulfonamides is 1. The van der Waals surface area contributed by atoms with Gasteiger partial charge in [0.05, 0.1) is 16.0 Å². The van der Waals surface area contributed by atoms with Crippen molar-refractivity contribution in [2.75, 3.05) is 17.6 Å². The summed E-state index contributed by atoms with van der Waals surface area (Å²) in [6.45, 7) is 4.22. The number of aryl methyl sites for hydroxylation is 1. The topological polar surface area (TPSA) is 79.4 Å². The number of rotatable bonds is 5. The molecule has 2 aromatic rings.